The lowest BCUT2D eigenvalue weighted by Gasteiger charge is -2.02. The molecule has 1 unspecified atom stereocenters. The summed E-state index contributed by atoms with van der Waals surface area (Å²) in [5.41, 5.74) is 1.49. The van der Waals surface area contributed by atoms with Gasteiger partial charge in [-0.1, -0.05) is 19.1 Å². The molecular weight excluding hydrogens is 150 g/mol. The molecule has 0 saturated heterocycles. The van der Waals surface area contributed by atoms with Gasteiger partial charge in [0.05, 0.1) is 11.6 Å². The lowest BCUT2D eigenvalue weighted by atomic mass is 10.0. The minimum absolute atomic E-state index is 0.127. The zero-order valence-corrected chi connectivity index (χ0v) is 6.82. The van der Waals surface area contributed by atoms with Gasteiger partial charge >= 0.3 is 0 Å². The average molecular weight is 159 g/mol. The number of aldehydes is 1. The zero-order valence-electron chi connectivity index (χ0n) is 6.82. The zero-order chi connectivity index (χ0) is 8.97. The SMILES string of the molecule is CC(C=O)c1cccc(C#N)c1. The summed E-state index contributed by atoms with van der Waals surface area (Å²) in [6.07, 6.45) is 0.872. The van der Waals surface area contributed by atoms with E-state index in [0.29, 0.717) is 5.56 Å². The summed E-state index contributed by atoms with van der Waals surface area (Å²) in [4.78, 5) is 10.4. The van der Waals surface area contributed by atoms with Gasteiger partial charge < -0.3 is 4.79 Å². The maximum Gasteiger partial charge on any atom is 0.127 e. The second kappa shape index (κ2) is 3.68. The molecule has 1 rings (SSSR count). The van der Waals surface area contributed by atoms with E-state index in [1.54, 1.807) is 18.2 Å². The van der Waals surface area contributed by atoms with Crippen LogP contribution in [0.2, 0.25) is 0 Å². The summed E-state index contributed by atoms with van der Waals surface area (Å²) in [7, 11) is 0. The molecule has 0 aromatic heterocycles. The third-order valence-corrected chi connectivity index (χ3v) is 1.75. The lowest BCUT2D eigenvalue weighted by molar-refractivity contribution is -0.108. The van der Waals surface area contributed by atoms with Gasteiger partial charge in [-0.3, -0.25) is 0 Å². The highest BCUT2D eigenvalue weighted by Gasteiger charge is 2.02. The molecule has 0 aliphatic heterocycles. The first-order valence-corrected chi connectivity index (χ1v) is 3.73. The van der Waals surface area contributed by atoms with Gasteiger partial charge in [0.15, 0.2) is 0 Å². The van der Waals surface area contributed by atoms with E-state index in [4.69, 9.17) is 5.26 Å². The number of carbonyl (C=O) groups is 1. The molecule has 12 heavy (non-hydrogen) atoms. The van der Waals surface area contributed by atoms with Crippen molar-refractivity contribution in [2.75, 3.05) is 0 Å². The average Bonchev–Trinajstić information content (AvgIpc) is 2.17. The second-order valence-electron chi connectivity index (χ2n) is 2.66. The molecular formula is C10H9NO. The normalized spacial score (nSPS) is 11.7. The molecule has 1 atom stereocenters. The Morgan fingerprint density at radius 3 is 2.92 bits per heavy atom. The number of hydrogen-bond acceptors (Lipinski definition) is 2. The van der Waals surface area contributed by atoms with E-state index in [0.717, 1.165) is 11.8 Å². The third-order valence-electron chi connectivity index (χ3n) is 1.75. The first-order chi connectivity index (χ1) is 5.77. The van der Waals surface area contributed by atoms with Crippen molar-refractivity contribution in [2.24, 2.45) is 0 Å². The van der Waals surface area contributed by atoms with E-state index in [-0.39, 0.29) is 5.92 Å². The van der Waals surface area contributed by atoms with Crippen LogP contribution in [0.1, 0.15) is 24.0 Å². The molecule has 60 valence electrons. The van der Waals surface area contributed by atoms with Crippen molar-refractivity contribution in [3.05, 3.63) is 35.4 Å². The van der Waals surface area contributed by atoms with E-state index in [1.165, 1.54) is 0 Å². The maximum absolute atomic E-state index is 10.4. The van der Waals surface area contributed by atoms with Crippen LogP contribution in [-0.2, 0) is 4.79 Å². The summed E-state index contributed by atoms with van der Waals surface area (Å²) in [6, 6.07) is 9.12. The summed E-state index contributed by atoms with van der Waals surface area (Å²) >= 11 is 0. The van der Waals surface area contributed by atoms with E-state index < -0.39 is 0 Å². The minimum atomic E-state index is -0.127. The van der Waals surface area contributed by atoms with Crippen LogP contribution in [-0.4, -0.2) is 6.29 Å². The molecule has 0 fully saturated rings. The van der Waals surface area contributed by atoms with Crippen molar-refractivity contribution >= 4 is 6.29 Å². The van der Waals surface area contributed by atoms with Crippen LogP contribution in [0.15, 0.2) is 24.3 Å². The van der Waals surface area contributed by atoms with E-state index in [2.05, 4.69) is 0 Å². The Hall–Kier alpha value is -1.62. The minimum Gasteiger partial charge on any atom is -0.303 e. The predicted molar refractivity (Wildman–Crippen MR) is 45.6 cm³/mol. The lowest BCUT2D eigenvalue weighted by Crippen LogP contribution is -1.94. The number of hydrogen-bond donors (Lipinski definition) is 0. The molecule has 0 heterocycles. The largest absolute Gasteiger partial charge is 0.303 e. The number of rotatable bonds is 2. The van der Waals surface area contributed by atoms with Gasteiger partial charge in [0.25, 0.3) is 0 Å². The van der Waals surface area contributed by atoms with Gasteiger partial charge in [0.1, 0.15) is 6.29 Å². The predicted octanol–water partition coefficient (Wildman–Crippen LogP) is 1.86. The Morgan fingerprint density at radius 1 is 1.58 bits per heavy atom. The Bertz CT molecular complexity index is 325. The van der Waals surface area contributed by atoms with Crippen molar-refractivity contribution < 1.29 is 4.79 Å². The van der Waals surface area contributed by atoms with Crippen LogP contribution in [0, 0.1) is 11.3 Å². The molecule has 2 heteroatoms. The van der Waals surface area contributed by atoms with Crippen molar-refractivity contribution in [2.45, 2.75) is 12.8 Å². The summed E-state index contributed by atoms with van der Waals surface area (Å²) in [5.74, 6) is -0.127. The number of carbonyl (C=O) groups excluding carboxylic acids is 1. The van der Waals surface area contributed by atoms with Crippen molar-refractivity contribution in [1.82, 2.24) is 0 Å². The molecule has 0 amide bonds. The molecule has 0 bridgehead atoms. The summed E-state index contributed by atoms with van der Waals surface area (Å²) in [6.45, 7) is 1.81. The second-order valence-corrected chi connectivity index (χ2v) is 2.66. The maximum atomic E-state index is 10.4. The highest BCUT2D eigenvalue weighted by molar-refractivity contribution is 5.61. The molecule has 2 nitrogen and oxygen atoms in total. The summed E-state index contributed by atoms with van der Waals surface area (Å²) in [5, 5.41) is 8.58. The van der Waals surface area contributed by atoms with Crippen LogP contribution in [0.3, 0.4) is 0 Å². The molecule has 0 aliphatic rings. The van der Waals surface area contributed by atoms with Crippen LogP contribution in [0.5, 0.6) is 0 Å². The first-order valence-electron chi connectivity index (χ1n) is 3.73. The van der Waals surface area contributed by atoms with E-state index >= 15 is 0 Å². The molecule has 0 spiro atoms. The highest BCUT2D eigenvalue weighted by Crippen LogP contribution is 2.13. The van der Waals surface area contributed by atoms with Crippen molar-refractivity contribution in [3.8, 4) is 6.07 Å². The van der Waals surface area contributed by atoms with Gasteiger partial charge in [-0.25, -0.2) is 0 Å². The number of nitrogens with zero attached hydrogens (tertiary/aromatic N) is 1. The highest BCUT2D eigenvalue weighted by atomic mass is 16.1. The number of benzene rings is 1. The first kappa shape index (κ1) is 8.48. The smallest absolute Gasteiger partial charge is 0.127 e. The van der Waals surface area contributed by atoms with Crippen molar-refractivity contribution in [1.29, 1.82) is 5.26 Å². The van der Waals surface area contributed by atoms with E-state index in [1.807, 2.05) is 19.1 Å². The fraction of sp³-hybridized carbons (Fsp3) is 0.200. The Morgan fingerprint density at radius 2 is 2.33 bits per heavy atom. The molecule has 0 radical (unpaired) electrons. The molecule has 0 N–H and O–H groups in total. The molecule has 1 aromatic carbocycles. The van der Waals surface area contributed by atoms with Gasteiger partial charge in [0, 0.05) is 5.92 Å². The van der Waals surface area contributed by atoms with Crippen LogP contribution >= 0.6 is 0 Å². The summed E-state index contributed by atoms with van der Waals surface area (Å²) < 4.78 is 0. The van der Waals surface area contributed by atoms with Crippen LogP contribution < -0.4 is 0 Å². The molecule has 0 saturated carbocycles. The van der Waals surface area contributed by atoms with Gasteiger partial charge in [-0.2, -0.15) is 5.26 Å². The monoisotopic (exact) mass is 159 g/mol. The molecule has 0 aliphatic carbocycles. The van der Waals surface area contributed by atoms with Crippen molar-refractivity contribution in [3.63, 3.8) is 0 Å². The van der Waals surface area contributed by atoms with Gasteiger partial charge in [-0.15, -0.1) is 0 Å². The Balaban J connectivity index is 3.03. The topological polar surface area (TPSA) is 40.9 Å². The fourth-order valence-corrected chi connectivity index (χ4v) is 0.970. The van der Waals surface area contributed by atoms with Gasteiger partial charge in [-0.05, 0) is 17.7 Å². The molecule has 1 aromatic rings. The van der Waals surface area contributed by atoms with E-state index in [9.17, 15) is 4.79 Å². The van der Waals surface area contributed by atoms with Gasteiger partial charge in [0.2, 0.25) is 0 Å². The fourth-order valence-electron chi connectivity index (χ4n) is 0.970. The Labute approximate surface area is 71.4 Å². The Kier molecular flexibility index (Phi) is 2.60. The number of nitriles is 1. The standard InChI is InChI=1S/C10H9NO/c1-8(7-12)10-4-2-3-9(5-10)6-11/h2-5,7-8H,1H3. The van der Waals surface area contributed by atoms with Crippen LogP contribution in [0.25, 0.3) is 0 Å². The quantitative estimate of drug-likeness (QED) is 0.618. The third kappa shape index (κ3) is 1.70. The van der Waals surface area contributed by atoms with Crippen LogP contribution in [0.4, 0.5) is 0 Å².